The van der Waals surface area contributed by atoms with Crippen molar-refractivity contribution in [3.8, 4) is 5.75 Å². The molecule has 0 heterocycles. The van der Waals surface area contributed by atoms with Crippen LogP contribution in [0.2, 0.25) is 0 Å². The van der Waals surface area contributed by atoms with E-state index < -0.39 is 4.92 Å². The predicted molar refractivity (Wildman–Crippen MR) is 80.8 cm³/mol. The van der Waals surface area contributed by atoms with Crippen molar-refractivity contribution in [2.45, 2.75) is 23.3 Å². The zero-order valence-electron chi connectivity index (χ0n) is 11.5. The van der Waals surface area contributed by atoms with Crippen molar-refractivity contribution >= 4 is 17.4 Å². The summed E-state index contributed by atoms with van der Waals surface area (Å²) in [4.78, 5) is 12.3. The lowest BCUT2D eigenvalue weighted by Gasteiger charge is -2.08. The number of aliphatic hydroxyl groups excluding tert-OH is 1. The minimum atomic E-state index is -0.421. The van der Waals surface area contributed by atoms with E-state index in [1.165, 1.54) is 11.8 Å². The first kappa shape index (κ1) is 15.3. The van der Waals surface area contributed by atoms with Gasteiger partial charge in [-0.2, -0.15) is 0 Å². The number of rotatable bonds is 6. The van der Waals surface area contributed by atoms with Gasteiger partial charge in [0, 0.05) is 4.90 Å². The minimum absolute atomic E-state index is 0.0180. The van der Waals surface area contributed by atoms with Crippen LogP contribution >= 0.6 is 11.8 Å². The molecule has 1 N–H and O–H groups in total. The lowest BCUT2D eigenvalue weighted by atomic mass is 10.2. The monoisotopic (exact) mass is 305 g/mol. The minimum Gasteiger partial charge on any atom is -0.487 e. The van der Waals surface area contributed by atoms with Crippen LogP contribution in [-0.4, -0.2) is 16.6 Å². The maximum Gasteiger partial charge on any atom is 0.324 e. The fraction of sp³-hybridized carbons (Fsp3) is 0.200. The number of hydrogen-bond donors (Lipinski definition) is 1. The van der Waals surface area contributed by atoms with Gasteiger partial charge < -0.3 is 9.84 Å². The van der Waals surface area contributed by atoms with Crippen LogP contribution in [0.25, 0.3) is 0 Å². The largest absolute Gasteiger partial charge is 0.487 e. The molecule has 0 fully saturated rings. The predicted octanol–water partition coefficient (Wildman–Crippen LogP) is 3.64. The van der Waals surface area contributed by atoms with Crippen LogP contribution < -0.4 is 4.74 Å². The van der Waals surface area contributed by atoms with Crippen molar-refractivity contribution in [2.24, 2.45) is 0 Å². The van der Waals surface area contributed by atoms with Gasteiger partial charge >= 0.3 is 5.69 Å². The molecule has 0 amide bonds. The highest BCUT2D eigenvalue weighted by Crippen LogP contribution is 2.40. The second kappa shape index (κ2) is 7.10. The zero-order valence-corrected chi connectivity index (χ0v) is 12.3. The molecular weight excluding hydrogens is 290 g/mol. The van der Waals surface area contributed by atoms with Crippen molar-refractivity contribution in [3.05, 3.63) is 58.1 Å². The molecule has 0 aliphatic rings. The van der Waals surface area contributed by atoms with Gasteiger partial charge in [-0.25, -0.2) is 0 Å². The van der Waals surface area contributed by atoms with E-state index in [-0.39, 0.29) is 18.0 Å². The third kappa shape index (κ3) is 3.74. The highest BCUT2D eigenvalue weighted by atomic mass is 32.2. The third-order valence-electron chi connectivity index (χ3n) is 2.78. The number of nitrogens with zero attached hydrogens (tertiary/aromatic N) is 1. The molecule has 2 rings (SSSR count). The van der Waals surface area contributed by atoms with Crippen molar-refractivity contribution in [1.82, 2.24) is 0 Å². The summed E-state index contributed by atoms with van der Waals surface area (Å²) in [6, 6.07) is 12.3. The first-order valence-electron chi connectivity index (χ1n) is 6.43. The smallest absolute Gasteiger partial charge is 0.324 e. The molecule has 0 bridgehead atoms. The van der Waals surface area contributed by atoms with Gasteiger partial charge in [0.15, 0.2) is 5.75 Å². The van der Waals surface area contributed by atoms with Crippen LogP contribution in [-0.2, 0) is 6.61 Å². The lowest BCUT2D eigenvalue weighted by Crippen LogP contribution is -1.98. The van der Waals surface area contributed by atoms with E-state index in [9.17, 15) is 10.1 Å². The lowest BCUT2D eigenvalue weighted by molar-refractivity contribution is -0.388. The van der Waals surface area contributed by atoms with Gasteiger partial charge in [0.25, 0.3) is 0 Å². The van der Waals surface area contributed by atoms with Crippen LogP contribution in [0.5, 0.6) is 5.75 Å². The molecule has 2 aromatic carbocycles. The Bertz CT molecular complexity index is 628. The molecule has 21 heavy (non-hydrogen) atoms. The summed E-state index contributed by atoms with van der Waals surface area (Å²) in [5, 5.41) is 20.3. The average Bonchev–Trinajstić information content (AvgIpc) is 2.48. The van der Waals surface area contributed by atoms with Crippen LogP contribution in [0.1, 0.15) is 12.5 Å². The van der Waals surface area contributed by atoms with Gasteiger partial charge in [0.1, 0.15) is 0 Å². The number of benzene rings is 2. The van der Waals surface area contributed by atoms with Crippen LogP contribution in [0.3, 0.4) is 0 Å². The molecule has 5 nitrogen and oxygen atoms in total. The molecule has 0 saturated heterocycles. The number of aliphatic hydroxyl groups is 1. The van der Waals surface area contributed by atoms with Crippen molar-refractivity contribution < 1.29 is 14.8 Å². The molecule has 0 spiro atoms. The molecular formula is C15H15NO4S. The maximum absolute atomic E-state index is 11.3. The van der Waals surface area contributed by atoms with Crippen molar-refractivity contribution in [3.63, 3.8) is 0 Å². The Morgan fingerprint density at radius 1 is 1.24 bits per heavy atom. The van der Waals surface area contributed by atoms with Gasteiger partial charge in [0.2, 0.25) is 0 Å². The van der Waals surface area contributed by atoms with Crippen molar-refractivity contribution in [2.75, 3.05) is 6.61 Å². The normalized spacial score (nSPS) is 10.4. The number of nitro benzene ring substituents is 1. The average molecular weight is 305 g/mol. The summed E-state index contributed by atoms with van der Waals surface area (Å²) < 4.78 is 5.33. The Labute approximate surface area is 126 Å². The van der Waals surface area contributed by atoms with E-state index in [0.29, 0.717) is 11.5 Å². The fourth-order valence-corrected chi connectivity index (χ4v) is 2.77. The SMILES string of the molecule is CCOc1cccc(Sc2ccc(CO)cc2)c1[N+](=O)[O-]. The number of nitro groups is 1. The quantitative estimate of drug-likeness (QED) is 0.651. The van der Waals surface area contributed by atoms with Gasteiger partial charge in [-0.1, -0.05) is 30.0 Å². The number of para-hydroxylation sites is 1. The Morgan fingerprint density at radius 3 is 2.52 bits per heavy atom. The standard InChI is InChI=1S/C15H15NO4S/c1-2-20-13-4-3-5-14(15(13)16(18)19)21-12-8-6-11(10-17)7-9-12/h3-9,17H,2,10H2,1H3. The molecule has 0 aliphatic heterocycles. The van der Waals surface area contributed by atoms with Crippen LogP contribution in [0.4, 0.5) is 5.69 Å². The highest BCUT2D eigenvalue weighted by Gasteiger charge is 2.21. The molecule has 2 aromatic rings. The van der Waals surface area contributed by atoms with E-state index >= 15 is 0 Å². The fourth-order valence-electron chi connectivity index (χ4n) is 1.83. The van der Waals surface area contributed by atoms with E-state index in [4.69, 9.17) is 9.84 Å². The summed E-state index contributed by atoms with van der Waals surface area (Å²) in [6.07, 6.45) is 0. The summed E-state index contributed by atoms with van der Waals surface area (Å²) in [7, 11) is 0. The van der Waals surface area contributed by atoms with Gasteiger partial charge in [-0.15, -0.1) is 0 Å². The molecule has 0 aromatic heterocycles. The Kier molecular flexibility index (Phi) is 5.19. The van der Waals surface area contributed by atoms with Gasteiger partial charge in [-0.3, -0.25) is 10.1 Å². The van der Waals surface area contributed by atoms with E-state index in [0.717, 1.165) is 10.5 Å². The Balaban J connectivity index is 2.33. The van der Waals surface area contributed by atoms with E-state index in [2.05, 4.69) is 0 Å². The maximum atomic E-state index is 11.3. The van der Waals surface area contributed by atoms with Crippen LogP contribution in [0.15, 0.2) is 52.3 Å². The summed E-state index contributed by atoms with van der Waals surface area (Å²) in [5.74, 6) is 0.277. The molecule has 0 unspecified atom stereocenters. The first-order valence-corrected chi connectivity index (χ1v) is 7.25. The van der Waals surface area contributed by atoms with Gasteiger partial charge in [0.05, 0.1) is 23.0 Å². The molecule has 0 atom stereocenters. The topological polar surface area (TPSA) is 72.6 Å². The summed E-state index contributed by atoms with van der Waals surface area (Å²) in [5.41, 5.74) is 0.785. The first-order chi connectivity index (χ1) is 10.2. The van der Waals surface area contributed by atoms with Crippen molar-refractivity contribution in [1.29, 1.82) is 0 Å². The van der Waals surface area contributed by atoms with E-state index in [1.807, 2.05) is 12.1 Å². The molecule has 0 aliphatic carbocycles. The molecule has 0 saturated carbocycles. The summed E-state index contributed by atoms with van der Waals surface area (Å²) >= 11 is 1.30. The molecule has 6 heteroatoms. The Morgan fingerprint density at radius 2 is 1.95 bits per heavy atom. The second-order valence-corrected chi connectivity index (χ2v) is 5.31. The molecule has 110 valence electrons. The third-order valence-corrected chi connectivity index (χ3v) is 3.84. The van der Waals surface area contributed by atoms with Crippen LogP contribution in [0, 0.1) is 10.1 Å². The number of hydrogen-bond acceptors (Lipinski definition) is 5. The van der Waals surface area contributed by atoms with E-state index in [1.54, 1.807) is 37.3 Å². The zero-order chi connectivity index (χ0) is 15.2. The second-order valence-electron chi connectivity index (χ2n) is 4.20. The van der Waals surface area contributed by atoms with Gasteiger partial charge in [-0.05, 0) is 36.8 Å². The summed E-state index contributed by atoms with van der Waals surface area (Å²) in [6.45, 7) is 2.14. The number of ether oxygens (including phenoxy) is 1. The Hall–Kier alpha value is -2.05. The molecule has 0 radical (unpaired) electrons. The highest BCUT2D eigenvalue weighted by molar-refractivity contribution is 7.99.